The summed E-state index contributed by atoms with van der Waals surface area (Å²) in [6.45, 7) is 1.27. The Kier molecular flexibility index (Phi) is 3.85. The van der Waals surface area contributed by atoms with Crippen molar-refractivity contribution in [3.63, 3.8) is 0 Å². The Labute approximate surface area is 106 Å². The molecule has 0 spiro atoms. The zero-order valence-corrected chi connectivity index (χ0v) is 9.78. The minimum Gasteiger partial charge on any atom is -0.478 e. The quantitative estimate of drug-likeness (QED) is 0.573. The van der Waals surface area contributed by atoms with E-state index in [9.17, 15) is 22.8 Å². The van der Waals surface area contributed by atoms with Crippen LogP contribution in [0.4, 0.5) is 18.9 Å². The molecule has 0 heterocycles. The number of rotatable bonds is 3. The molecule has 104 valence electrons. The van der Waals surface area contributed by atoms with Gasteiger partial charge in [0.2, 0.25) is 0 Å². The lowest BCUT2D eigenvalue weighted by Gasteiger charge is -2.14. The molecule has 5 nitrogen and oxygen atoms in total. The van der Waals surface area contributed by atoms with Crippen molar-refractivity contribution in [3.05, 3.63) is 28.8 Å². The maximum atomic E-state index is 12.6. The summed E-state index contributed by atoms with van der Waals surface area (Å²) in [5.41, 5.74) is 7.59. The molecule has 1 aromatic carbocycles. The Morgan fingerprint density at radius 3 is 2.11 bits per heavy atom. The third-order valence-corrected chi connectivity index (χ3v) is 2.42. The number of anilines is 1. The summed E-state index contributed by atoms with van der Waals surface area (Å²) in [5, 5.41) is 8.81. The fourth-order valence-corrected chi connectivity index (χ4v) is 1.44. The lowest BCUT2D eigenvalue weighted by molar-refractivity contribution is -0.137. The van der Waals surface area contributed by atoms with Gasteiger partial charge in [-0.25, -0.2) is 4.79 Å². The molecule has 0 saturated heterocycles. The van der Waals surface area contributed by atoms with Crippen LogP contribution in [0.15, 0.2) is 12.1 Å². The number of benzene rings is 1. The van der Waals surface area contributed by atoms with Crippen LogP contribution in [-0.2, 0) is 6.18 Å². The van der Waals surface area contributed by atoms with Crippen molar-refractivity contribution < 1.29 is 27.9 Å². The Hall–Kier alpha value is -2.09. The van der Waals surface area contributed by atoms with Crippen LogP contribution in [0.5, 0.6) is 0 Å². The first-order chi connectivity index (χ1) is 8.55. The van der Waals surface area contributed by atoms with Crippen LogP contribution in [0.25, 0.3) is 0 Å². The summed E-state index contributed by atoms with van der Waals surface area (Å²) in [6.07, 6.45) is -4.79. The maximum absolute atomic E-state index is 12.6. The van der Waals surface area contributed by atoms with Gasteiger partial charge in [0, 0.05) is 5.56 Å². The molecule has 0 aliphatic carbocycles. The number of carboxylic acids is 1. The van der Waals surface area contributed by atoms with Gasteiger partial charge >= 0.3 is 12.1 Å². The van der Waals surface area contributed by atoms with Crippen LogP contribution in [0.3, 0.4) is 0 Å². The van der Waals surface area contributed by atoms with Gasteiger partial charge in [-0.05, 0) is 19.1 Å². The van der Waals surface area contributed by atoms with E-state index in [4.69, 9.17) is 16.6 Å². The van der Waals surface area contributed by atoms with Crippen LogP contribution in [0, 0.1) is 0 Å². The standard InChI is InChI=1S/C11H11F3N2O3/c1-4(15)9(17)6-2-5(11(12,13)14)3-7(8(6)16)10(18)19/h2-4H,15-16H2,1H3,(H,18,19)/t4-/m0/s1. The molecule has 0 aliphatic heterocycles. The van der Waals surface area contributed by atoms with Crippen molar-refractivity contribution in [1.82, 2.24) is 0 Å². The molecule has 0 fully saturated rings. The second-order valence-electron chi connectivity index (χ2n) is 3.94. The Morgan fingerprint density at radius 2 is 1.74 bits per heavy atom. The van der Waals surface area contributed by atoms with Gasteiger partial charge in [0.25, 0.3) is 0 Å². The van der Waals surface area contributed by atoms with Crippen molar-refractivity contribution in [2.75, 3.05) is 5.73 Å². The maximum Gasteiger partial charge on any atom is 0.416 e. The highest BCUT2D eigenvalue weighted by molar-refractivity contribution is 6.08. The van der Waals surface area contributed by atoms with Crippen LogP contribution >= 0.6 is 0 Å². The minimum absolute atomic E-state index is 0.385. The average molecular weight is 276 g/mol. The molecule has 0 amide bonds. The molecule has 19 heavy (non-hydrogen) atoms. The van der Waals surface area contributed by atoms with E-state index in [0.717, 1.165) is 0 Å². The molecule has 5 N–H and O–H groups in total. The molecule has 0 saturated carbocycles. The molecule has 0 aromatic heterocycles. The van der Waals surface area contributed by atoms with Crippen molar-refractivity contribution in [1.29, 1.82) is 0 Å². The fraction of sp³-hybridized carbons (Fsp3) is 0.273. The molecule has 0 aliphatic rings. The van der Waals surface area contributed by atoms with E-state index in [1.807, 2.05) is 0 Å². The van der Waals surface area contributed by atoms with E-state index in [0.29, 0.717) is 12.1 Å². The van der Waals surface area contributed by atoms with Gasteiger partial charge in [-0.1, -0.05) is 0 Å². The summed E-state index contributed by atoms with van der Waals surface area (Å²) in [5.74, 6) is -2.51. The fourth-order valence-electron chi connectivity index (χ4n) is 1.44. The number of carbonyl (C=O) groups is 2. The minimum atomic E-state index is -4.79. The predicted octanol–water partition coefficient (Wildman–Crippen LogP) is 1.52. The number of ketones is 1. The first-order valence-corrected chi connectivity index (χ1v) is 5.09. The van der Waals surface area contributed by atoms with Crippen LogP contribution in [-0.4, -0.2) is 22.9 Å². The second-order valence-corrected chi connectivity index (χ2v) is 3.94. The zero-order valence-electron chi connectivity index (χ0n) is 9.78. The van der Waals surface area contributed by atoms with Crippen LogP contribution in [0.1, 0.15) is 33.2 Å². The monoisotopic (exact) mass is 276 g/mol. The second kappa shape index (κ2) is 4.88. The number of carbonyl (C=O) groups excluding carboxylic acids is 1. The smallest absolute Gasteiger partial charge is 0.416 e. The van der Waals surface area contributed by atoms with Crippen molar-refractivity contribution in [3.8, 4) is 0 Å². The summed E-state index contributed by atoms with van der Waals surface area (Å²) in [4.78, 5) is 22.5. The van der Waals surface area contributed by atoms with Gasteiger partial charge in [-0.15, -0.1) is 0 Å². The molecule has 1 rings (SSSR count). The number of aromatic carboxylic acids is 1. The van der Waals surface area contributed by atoms with E-state index in [-0.39, 0.29) is 0 Å². The highest BCUT2D eigenvalue weighted by atomic mass is 19.4. The number of carboxylic acid groups (broad SMARTS) is 1. The number of alkyl halides is 3. The summed E-state index contributed by atoms with van der Waals surface area (Å²) in [7, 11) is 0. The first kappa shape index (κ1) is 15.0. The van der Waals surface area contributed by atoms with Crippen LogP contribution in [0.2, 0.25) is 0 Å². The highest BCUT2D eigenvalue weighted by Crippen LogP contribution is 2.33. The van der Waals surface area contributed by atoms with Crippen molar-refractivity contribution >= 4 is 17.4 Å². The van der Waals surface area contributed by atoms with E-state index in [1.54, 1.807) is 0 Å². The lowest BCUT2D eigenvalue weighted by Crippen LogP contribution is -2.28. The lowest BCUT2D eigenvalue weighted by atomic mass is 9.97. The predicted molar refractivity (Wildman–Crippen MR) is 60.8 cm³/mol. The summed E-state index contributed by atoms with van der Waals surface area (Å²) < 4.78 is 37.9. The van der Waals surface area contributed by atoms with Gasteiger partial charge in [0.1, 0.15) is 0 Å². The first-order valence-electron chi connectivity index (χ1n) is 5.09. The Bertz CT molecular complexity index is 539. The average Bonchev–Trinajstić information content (AvgIpc) is 2.26. The van der Waals surface area contributed by atoms with Gasteiger partial charge < -0.3 is 16.6 Å². The van der Waals surface area contributed by atoms with E-state index in [2.05, 4.69) is 0 Å². The van der Waals surface area contributed by atoms with Crippen LogP contribution < -0.4 is 11.5 Å². The number of Topliss-reactive ketones (excluding diaryl/α,β-unsaturated/α-hetero) is 1. The van der Waals surface area contributed by atoms with Crippen molar-refractivity contribution in [2.24, 2.45) is 5.73 Å². The van der Waals surface area contributed by atoms with E-state index < -0.39 is 46.3 Å². The molecular weight excluding hydrogens is 265 g/mol. The molecule has 8 heteroatoms. The summed E-state index contributed by atoms with van der Waals surface area (Å²) >= 11 is 0. The molecule has 1 aromatic rings. The molecule has 0 bridgehead atoms. The normalized spacial score (nSPS) is 13.1. The zero-order chi connectivity index (χ0) is 15.0. The Morgan fingerprint density at radius 1 is 1.26 bits per heavy atom. The third kappa shape index (κ3) is 3.02. The number of nitrogen functional groups attached to an aromatic ring is 1. The summed E-state index contributed by atoms with van der Waals surface area (Å²) in [6, 6.07) is -0.198. The molecular formula is C11H11F3N2O3. The number of nitrogens with two attached hydrogens (primary N) is 2. The molecule has 1 atom stereocenters. The third-order valence-electron chi connectivity index (χ3n) is 2.42. The van der Waals surface area contributed by atoms with Gasteiger partial charge in [0.05, 0.1) is 22.9 Å². The number of hydrogen-bond acceptors (Lipinski definition) is 4. The molecule has 0 radical (unpaired) electrons. The van der Waals surface area contributed by atoms with Gasteiger partial charge in [0.15, 0.2) is 5.78 Å². The van der Waals surface area contributed by atoms with E-state index >= 15 is 0 Å². The molecule has 0 unspecified atom stereocenters. The van der Waals surface area contributed by atoms with Gasteiger partial charge in [-0.2, -0.15) is 13.2 Å². The number of hydrogen-bond donors (Lipinski definition) is 3. The SMILES string of the molecule is C[C@H](N)C(=O)c1cc(C(F)(F)F)cc(C(=O)O)c1N. The number of halogens is 3. The highest BCUT2D eigenvalue weighted by Gasteiger charge is 2.34. The van der Waals surface area contributed by atoms with Crippen molar-refractivity contribution in [2.45, 2.75) is 19.1 Å². The Balaban J connectivity index is 3.59. The van der Waals surface area contributed by atoms with Gasteiger partial charge in [-0.3, -0.25) is 4.79 Å². The topological polar surface area (TPSA) is 106 Å². The largest absolute Gasteiger partial charge is 0.478 e. The van der Waals surface area contributed by atoms with E-state index in [1.165, 1.54) is 6.92 Å².